The fourth-order valence-electron chi connectivity index (χ4n) is 13.3. The van der Waals surface area contributed by atoms with Gasteiger partial charge in [0, 0.05) is 16.3 Å². The summed E-state index contributed by atoms with van der Waals surface area (Å²) < 4.78 is 6.66. The first kappa shape index (κ1) is 48.6. The van der Waals surface area contributed by atoms with E-state index in [1.54, 1.807) is 0 Å². The van der Waals surface area contributed by atoms with Crippen LogP contribution in [0.1, 0.15) is 0 Å². The van der Waals surface area contributed by atoms with E-state index in [0.29, 0.717) is 16.3 Å². The highest BCUT2D eigenvalue weighted by molar-refractivity contribution is 6.25. The lowest BCUT2D eigenvalue weighted by atomic mass is 9.83. The molecule has 0 aliphatic rings. The largest absolute Gasteiger partial charge is 0.504 e. The smallest absolute Gasteiger partial charge is 0.208 e. The van der Waals surface area contributed by atoms with Crippen LogP contribution in [0.15, 0.2) is 265 Å². The molecule has 5 N–H and O–H groups in total. The lowest BCUT2D eigenvalue weighted by molar-refractivity contribution is 0.330. The molecule has 1 aromatic heterocycles. The Balaban J connectivity index is 0.839. The zero-order valence-electron chi connectivity index (χ0n) is 45.0. The van der Waals surface area contributed by atoms with Crippen LogP contribution in [0, 0.1) is 0 Å². The molecular formula is C78H48O6. The normalized spacial score (nSPS) is 11.8. The van der Waals surface area contributed by atoms with Gasteiger partial charge in [0.15, 0.2) is 11.5 Å². The van der Waals surface area contributed by atoms with E-state index in [0.717, 1.165) is 71.7 Å². The first-order chi connectivity index (χ1) is 41.3. The zero-order valence-corrected chi connectivity index (χ0v) is 45.0. The highest BCUT2D eigenvalue weighted by atomic mass is 16.4. The molecule has 1 heterocycles. The molecule has 6 heteroatoms. The fraction of sp³-hybridized carbons (Fsp3) is 0. The summed E-state index contributed by atoms with van der Waals surface area (Å²) in [4.78, 5) is 0. The van der Waals surface area contributed by atoms with E-state index >= 15 is 0 Å². The van der Waals surface area contributed by atoms with Gasteiger partial charge in [-0.1, -0.05) is 231 Å². The summed E-state index contributed by atoms with van der Waals surface area (Å²) in [6, 6.07) is 91.9. The molecular weight excluding hydrogens is 1030 g/mol. The van der Waals surface area contributed by atoms with Crippen molar-refractivity contribution >= 4 is 86.6 Å². The third-order valence-corrected chi connectivity index (χ3v) is 17.2. The quantitative estimate of drug-likeness (QED) is 0.0617. The summed E-state index contributed by atoms with van der Waals surface area (Å²) in [5.41, 5.74) is 14.9. The van der Waals surface area contributed by atoms with Crippen molar-refractivity contribution in [1.82, 2.24) is 0 Å². The van der Waals surface area contributed by atoms with Gasteiger partial charge in [0.05, 0.1) is 5.56 Å². The van der Waals surface area contributed by atoms with Crippen LogP contribution in [0.5, 0.6) is 28.7 Å². The summed E-state index contributed by atoms with van der Waals surface area (Å²) in [6.45, 7) is 0. The maximum atomic E-state index is 11.2. The lowest BCUT2D eigenvalue weighted by Crippen LogP contribution is -1.93. The average molecular weight is 1080 g/mol. The fourth-order valence-corrected chi connectivity index (χ4v) is 13.3. The zero-order chi connectivity index (χ0) is 56.3. The van der Waals surface area contributed by atoms with Crippen LogP contribution < -0.4 is 0 Å². The summed E-state index contributed by atoms with van der Waals surface area (Å²) in [5, 5.41) is 68.7. The van der Waals surface area contributed by atoms with Gasteiger partial charge in [-0.25, -0.2) is 0 Å². The highest BCUT2D eigenvalue weighted by Gasteiger charge is 2.28. The standard InChI is InChI=1S/C78H48O6/c79-74-73(75(80)77(82)78(83)76(74)81)72-61-22-9-6-19-58(61)68(59-20-7-10-23-62(59)72)49-34-30-47(31-35-49)55-24-12-26-67-71(55)65-43-53(38-40-66(65)84-67)52-37-39-63-64(42-52)70(56-25-11-16-46-14-3-4-17-54(46)56)60-21-8-5-18-57(60)69(63)48-32-27-45(28-33-48)51-36-29-44-13-1-2-15-50(44)41-51/h1-43,79-83H. The molecule has 6 nitrogen and oxygen atoms in total. The third-order valence-electron chi connectivity index (χ3n) is 17.2. The lowest BCUT2D eigenvalue weighted by Gasteiger charge is -2.20. The number of phenols is 5. The van der Waals surface area contributed by atoms with Gasteiger partial charge in [-0.05, 0) is 162 Å². The second kappa shape index (κ2) is 18.9. The highest BCUT2D eigenvalue weighted by Crippen LogP contribution is 2.58. The molecule has 396 valence electrons. The van der Waals surface area contributed by atoms with Crippen LogP contribution in [0.2, 0.25) is 0 Å². The van der Waals surface area contributed by atoms with Crippen LogP contribution >= 0.6 is 0 Å². The maximum absolute atomic E-state index is 11.2. The molecule has 0 saturated heterocycles. The first-order valence-electron chi connectivity index (χ1n) is 28.0. The van der Waals surface area contributed by atoms with Crippen molar-refractivity contribution in [2.75, 3.05) is 0 Å². The number of rotatable bonds is 7. The molecule has 0 radical (unpaired) electrons. The van der Waals surface area contributed by atoms with Gasteiger partial charge in [-0.2, -0.15) is 0 Å². The van der Waals surface area contributed by atoms with Crippen molar-refractivity contribution in [3.05, 3.63) is 261 Å². The number of hydrogen-bond acceptors (Lipinski definition) is 6. The Bertz CT molecular complexity index is 5330. The Morgan fingerprint density at radius 1 is 0.202 bits per heavy atom. The van der Waals surface area contributed by atoms with Crippen molar-refractivity contribution < 1.29 is 29.9 Å². The summed E-state index contributed by atoms with van der Waals surface area (Å²) in [6.07, 6.45) is 0. The van der Waals surface area contributed by atoms with Gasteiger partial charge < -0.3 is 29.9 Å². The summed E-state index contributed by atoms with van der Waals surface area (Å²) >= 11 is 0. The molecule has 84 heavy (non-hydrogen) atoms. The molecule has 16 aromatic rings. The van der Waals surface area contributed by atoms with Crippen LogP contribution in [-0.2, 0) is 0 Å². The van der Waals surface area contributed by atoms with Crippen LogP contribution in [0.3, 0.4) is 0 Å². The van der Waals surface area contributed by atoms with Gasteiger partial charge in [-0.3, -0.25) is 0 Å². The minimum absolute atomic E-state index is 0.190. The number of benzene rings is 15. The topological polar surface area (TPSA) is 114 Å². The predicted molar refractivity (Wildman–Crippen MR) is 345 cm³/mol. The van der Waals surface area contributed by atoms with E-state index in [1.165, 1.54) is 70.9 Å². The Kier molecular flexibility index (Phi) is 10.9. The number of hydrogen-bond donors (Lipinski definition) is 5. The van der Waals surface area contributed by atoms with E-state index in [9.17, 15) is 25.5 Å². The molecule has 0 aliphatic heterocycles. The van der Waals surface area contributed by atoms with E-state index in [4.69, 9.17) is 4.42 Å². The molecule has 0 spiro atoms. The van der Waals surface area contributed by atoms with Crippen LogP contribution in [-0.4, -0.2) is 25.5 Å². The monoisotopic (exact) mass is 1080 g/mol. The molecule has 0 aliphatic carbocycles. The van der Waals surface area contributed by atoms with Crippen molar-refractivity contribution in [2.45, 2.75) is 0 Å². The van der Waals surface area contributed by atoms with Crippen molar-refractivity contribution in [2.24, 2.45) is 0 Å². The van der Waals surface area contributed by atoms with Crippen LogP contribution in [0.4, 0.5) is 0 Å². The number of furan rings is 1. The minimum atomic E-state index is -1.01. The second-order valence-electron chi connectivity index (χ2n) is 21.8. The Hall–Kier alpha value is -11.3. The maximum Gasteiger partial charge on any atom is 0.208 e. The Morgan fingerprint density at radius 3 is 1.25 bits per heavy atom. The number of phenolic OH excluding ortho intramolecular Hbond substituents is 5. The SMILES string of the molecule is Oc1c(O)c(O)c(-c2c3ccccc3c(-c3ccc(-c4cccc5oc6ccc(-c7ccc8c(-c9ccc(-c%10ccc%11ccccc%11c%10)cc9)c9ccccc9c(-c9cccc%10ccccc9%10)c8c7)cc6c45)cc3)c3ccccc23)c(O)c1O. The Morgan fingerprint density at radius 2 is 0.619 bits per heavy atom. The van der Waals surface area contributed by atoms with E-state index in [1.807, 2.05) is 60.7 Å². The second-order valence-corrected chi connectivity index (χ2v) is 21.8. The van der Waals surface area contributed by atoms with Crippen LogP contribution in [0.25, 0.3) is 164 Å². The van der Waals surface area contributed by atoms with Gasteiger partial charge in [0.1, 0.15) is 11.2 Å². The Labute approximate surface area is 481 Å². The minimum Gasteiger partial charge on any atom is -0.504 e. The third kappa shape index (κ3) is 7.44. The van der Waals surface area contributed by atoms with Gasteiger partial charge >= 0.3 is 0 Å². The molecule has 0 bridgehead atoms. The molecule has 0 fully saturated rings. The summed E-state index contributed by atoms with van der Waals surface area (Å²) in [5.74, 6) is -4.35. The van der Waals surface area contributed by atoms with E-state index in [2.05, 4.69) is 200 Å². The predicted octanol–water partition coefficient (Wildman–Crippen LogP) is 20.7. The average Bonchev–Trinajstić information content (AvgIpc) is 1.27. The molecule has 0 unspecified atom stereocenters. The molecule has 16 rings (SSSR count). The van der Waals surface area contributed by atoms with Crippen molar-refractivity contribution in [1.29, 1.82) is 0 Å². The number of fused-ring (bicyclic) bond motifs is 9. The summed E-state index contributed by atoms with van der Waals surface area (Å²) in [7, 11) is 0. The van der Waals surface area contributed by atoms with Crippen molar-refractivity contribution in [3.8, 4) is 107 Å². The van der Waals surface area contributed by atoms with E-state index < -0.39 is 28.7 Å². The molecule has 0 amide bonds. The van der Waals surface area contributed by atoms with E-state index in [-0.39, 0.29) is 5.56 Å². The number of aromatic hydroxyl groups is 5. The van der Waals surface area contributed by atoms with Gasteiger partial charge in [0.2, 0.25) is 17.2 Å². The van der Waals surface area contributed by atoms with Gasteiger partial charge in [-0.15, -0.1) is 0 Å². The van der Waals surface area contributed by atoms with Gasteiger partial charge in [0.25, 0.3) is 0 Å². The molecule has 15 aromatic carbocycles. The molecule has 0 atom stereocenters. The van der Waals surface area contributed by atoms with Crippen molar-refractivity contribution in [3.63, 3.8) is 0 Å². The molecule has 0 saturated carbocycles. The first-order valence-corrected chi connectivity index (χ1v) is 28.0.